The molecule has 6 nitrogen and oxygen atoms in total. The molecule has 1 unspecified atom stereocenters. The number of pyridine rings is 2. The third-order valence-electron chi connectivity index (χ3n) is 4.74. The Morgan fingerprint density at radius 2 is 1.72 bits per heavy atom. The molecule has 1 amide bonds. The van der Waals surface area contributed by atoms with Crippen molar-refractivity contribution in [2.45, 2.75) is 12.6 Å². The van der Waals surface area contributed by atoms with Crippen LogP contribution in [0.5, 0.6) is 0 Å². The van der Waals surface area contributed by atoms with Crippen molar-refractivity contribution < 1.29 is 19.1 Å². The maximum absolute atomic E-state index is 13.3. The molecular formula is C22H16FN3O3. The summed E-state index contributed by atoms with van der Waals surface area (Å²) in [5.41, 5.74) is 1.43. The van der Waals surface area contributed by atoms with E-state index in [-0.39, 0.29) is 23.4 Å². The Balaban J connectivity index is 1.85. The van der Waals surface area contributed by atoms with E-state index in [2.05, 4.69) is 9.97 Å². The molecule has 0 aliphatic carbocycles. The average Bonchev–Trinajstić information content (AvgIpc) is 3.00. The van der Waals surface area contributed by atoms with Gasteiger partial charge >= 0.3 is 0 Å². The van der Waals surface area contributed by atoms with Gasteiger partial charge in [0.2, 0.25) is 0 Å². The van der Waals surface area contributed by atoms with Crippen LogP contribution in [-0.4, -0.2) is 31.7 Å². The first-order chi connectivity index (χ1) is 14.1. The predicted octanol–water partition coefficient (Wildman–Crippen LogP) is 3.24. The van der Waals surface area contributed by atoms with Crippen LogP contribution in [0.1, 0.15) is 22.9 Å². The lowest BCUT2D eigenvalue weighted by Crippen LogP contribution is -2.29. The zero-order valence-electron chi connectivity index (χ0n) is 15.2. The standard InChI is InChI=1S/C22H16FN3O3/c23-16-6-4-15(5-7-16)20(27)18-19(14-8-11-24-12-9-14)26(22(29)21(18)28)13-17-3-1-2-10-25-17/h1-12,19,27H,13H2/b20-18+. The van der Waals surface area contributed by atoms with Crippen LogP contribution in [0.15, 0.2) is 78.8 Å². The van der Waals surface area contributed by atoms with Crippen LogP contribution >= 0.6 is 0 Å². The van der Waals surface area contributed by atoms with Crippen LogP contribution in [0.4, 0.5) is 4.39 Å². The lowest BCUT2D eigenvalue weighted by Gasteiger charge is -2.24. The van der Waals surface area contributed by atoms with Gasteiger partial charge in [-0.15, -0.1) is 0 Å². The van der Waals surface area contributed by atoms with Crippen molar-refractivity contribution in [2.24, 2.45) is 0 Å². The summed E-state index contributed by atoms with van der Waals surface area (Å²) < 4.78 is 13.3. The van der Waals surface area contributed by atoms with Gasteiger partial charge in [0.25, 0.3) is 11.7 Å². The fourth-order valence-electron chi connectivity index (χ4n) is 3.36. The number of likely N-dealkylation sites (tertiary alicyclic amines) is 1. The molecule has 0 spiro atoms. The quantitative estimate of drug-likeness (QED) is 0.421. The second kappa shape index (κ2) is 7.63. The topological polar surface area (TPSA) is 83.4 Å². The summed E-state index contributed by atoms with van der Waals surface area (Å²) in [5, 5.41) is 10.8. The van der Waals surface area contributed by atoms with Gasteiger partial charge in [-0.3, -0.25) is 19.6 Å². The number of aliphatic hydroxyl groups is 1. The maximum atomic E-state index is 13.3. The maximum Gasteiger partial charge on any atom is 0.296 e. The molecule has 1 atom stereocenters. The molecule has 0 saturated carbocycles. The number of amides is 1. The molecular weight excluding hydrogens is 373 g/mol. The van der Waals surface area contributed by atoms with Crippen LogP contribution in [-0.2, 0) is 16.1 Å². The third kappa shape index (κ3) is 3.50. The number of halogens is 1. The molecule has 4 rings (SSSR count). The summed E-state index contributed by atoms with van der Waals surface area (Å²) in [4.78, 5) is 35.3. The minimum absolute atomic E-state index is 0.0521. The van der Waals surface area contributed by atoms with E-state index in [9.17, 15) is 19.1 Å². The minimum Gasteiger partial charge on any atom is -0.507 e. The van der Waals surface area contributed by atoms with Crippen molar-refractivity contribution >= 4 is 17.4 Å². The molecule has 1 aliphatic heterocycles. The second-order valence-corrected chi connectivity index (χ2v) is 6.54. The highest BCUT2D eigenvalue weighted by Crippen LogP contribution is 2.39. The van der Waals surface area contributed by atoms with E-state index in [0.717, 1.165) is 0 Å². The van der Waals surface area contributed by atoms with Gasteiger partial charge in [0.1, 0.15) is 11.6 Å². The minimum atomic E-state index is -0.815. The zero-order valence-corrected chi connectivity index (χ0v) is 15.2. The largest absolute Gasteiger partial charge is 0.507 e. The number of aromatic nitrogens is 2. The number of nitrogens with zero attached hydrogens (tertiary/aromatic N) is 3. The van der Waals surface area contributed by atoms with E-state index in [0.29, 0.717) is 11.3 Å². The summed E-state index contributed by atoms with van der Waals surface area (Å²) in [6.45, 7) is 0.0958. The van der Waals surface area contributed by atoms with Gasteiger partial charge in [0.15, 0.2) is 0 Å². The monoisotopic (exact) mass is 389 g/mol. The number of carbonyl (C=O) groups is 2. The lowest BCUT2D eigenvalue weighted by atomic mass is 9.96. The van der Waals surface area contributed by atoms with Crippen LogP contribution in [0.3, 0.4) is 0 Å². The highest BCUT2D eigenvalue weighted by molar-refractivity contribution is 6.46. The Hall–Kier alpha value is -3.87. The van der Waals surface area contributed by atoms with Crippen LogP contribution in [0, 0.1) is 5.82 Å². The number of benzene rings is 1. The molecule has 7 heteroatoms. The Kier molecular flexibility index (Phi) is 4.87. The normalized spacial score (nSPS) is 18.2. The second-order valence-electron chi connectivity index (χ2n) is 6.54. The Bertz CT molecular complexity index is 1080. The summed E-state index contributed by atoms with van der Waals surface area (Å²) in [6, 6.07) is 12.9. The fraction of sp³-hybridized carbons (Fsp3) is 0.0909. The van der Waals surface area contributed by atoms with E-state index in [1.54, 1.807) is 48.9 Å². The molecule has 29 heavy (non-hydrogen) atoms. The first kappa shape index (κ1) is 18.5. The number of Topliss-reactive ketones (excluding diaryl/α,β-unsaturated/α-hetero) is 1. The van der Waals surface area contributed by atoms with Crippen LogP contribution in [0.25, 0.3) is 5.76 Å². The third-order valence-corrected chi connectivity index (χ3v) is 4.74. The van der Waals surface area contributed by atoms with Gasteiger partial charge in [-0.25, -0.2) is 4.39 Å². The first-order valence-electron chi connectivity index (χ1n) is 8.90. The fourth-order valence-corrected chi connectivity index (χ4v) is 3.36. The van der Waals surface area contributed by atoms with Crippen molar-refractivity contribution in [1.29, 1.82) is 0 Å². The molecule has 1 fully saturated rings. The van der Waals surface area contributed by atoms with Gasteiger partial charge in [-0.05, 0) is 54.1 Å². The highest BCUT2D eigenvalue weighted by atomic mass is 19.1. The Labute approximate surface area is 166 Å². The molecule has 1 aromatic carbocycles. The number of aliphatic hydroxyl groups excluding tert-OH is 1. The van der Waals surface area contributed by atoms with E-state index in [4.69, 9.17) is 0 Å². The van der Waals surface area contributed by atoms with Crippen LogP contribution in [0.2, 0.25) is 0 Å². The highest BCUT2D eigenvalue weighted by Gasteiger charge is 2.46. The smallest absolute Gasteiger partial charge is 0.296 e. The first-order valence-corrected chi connectivity index (χ1v) is 8.90. The number of carbonyl (C=O) groups excluding carboxylic acids is 2. The van der Waals surface area contributed by atoms with Gasteiger partial charge in [-0.1, -0.05) is 6.07 Å². The molecule has 1 N–H and O–H groups in total. The lowest BCUT2D eigenvalue weighted by molar-refractivity contribution is -0.140. The van der Waals surface area contributed by atoms with Crippen molar-refractivity contribution in [2.75, 3.05) is 0 Å². The summed E-state index contributed by atoms with van der Waals surface area (Å²) >= 11 is 0. The molecule has 3 heterocycles. The van der Waals surface area contributed by atoms with E-state index in [1.807, 2.05) is 0 Å². The molecule has 2 aromatic heterocycles. The zero-order chi connectivity index (χ0) is 20.4. The molecule has 1 aliphatic rings. The Morgan fingerprint density at radius 1 is 1.00 bits per heavy atom. The van der Waals surface area contributed by atoms with Crippen molar-refractivity contribution in [3.8, 4) is 0 Å². The van der Waals surface area contributed by atoms with Crippen molar-refractivity contribution in [3.63, 3.8) is 0 Å². The van der Waals surface area contributed by atoms with Gasteiger partial charge < -0.3 is 10.0 Å². The SMILES string of the molecule is O=C1C(=O)N(Cc2ccccn2)C(c2ccncc2)/C1=C(\O)c1ccc(F)cc1. The number of hydrogen-bond acceptors (Lipinski definition) is 5. The number of ketones is 1. The van der Waals surface area contributed by atoms with E-state index >= 15 is 0 Å². The van der Waals surface area contributed by atoms with Gasteiger partial charge in [-0.2, -0.15) is 0 Å². The van der Waals surface area contributed by atoms with Crippen molar-refractivity contribution in [3.05, 3.63) is 101 Å². The number of hydrogen-bond donors (Lipinski definition) is 1. The molecule has 1 saturated heterocycles. The Morgan fingerprint density at radius 3 is 2.38 bits per heavy atom. The van der Waals surface area contributed by atoms with E-state index in [1.165, 1.54) is 29.2 Å². The average molecular weight is 389 g/mol. The van der Waals surface area contributed by atoms with Gasteiger partial charge in [0.05, 0.1) is 23.9 Å². The summed E-state index contributed by atoms with van der Waals surface area (Å²) in [7, 11) is 0. The summed E-state index contributed by atoms with van der Waals surface area (Å²) in [5.74, 6) is -2.36. The molecule has 144 valence electrons. The van der Waals surface area contributed by atoms with Gasteiger partial charge in [0, 0.05) is 24.2 Å². The summed E-state index contributed by atoms with van der Waals surface area (Å²) in [6.07, 6.45) is 4.70. The number of rotatable bonds is 4. The predicted molar refractivity (Wildman–Crippen MR) is 103 cm³/mol. The molecule has 3 aromatic rings. The molecule has 0 bridgehead atoms. The van der Waals surface area contributed by atoms with Crippen molar-refractivity contribution in [1.82, 2.24) is 14.9 Å². The van der Waals surface area contributed by atoms with E-state index < -0.39 is 23.5 Å². The molecule has 0 radical (unpaired) electrons. The van der Waals surface area contributed by atoms with Crippen LogP contribution < -0.4 is 0 Å².